The third-order valence-corrected chi connectivity index (χ3v) is 4.78. The first kappa shape index (κ1) is 15.7. The lowest BCUT2D eigenvalue weighted by Gasteiger charge is -2.36. The summed E-state index contributed by atoms with van der Waals surface area (Å²) in [7, 11) is 0. The lowest BCUT2D eigenvalue weighted by molar-refractivity contribution is -0.384. The zero-order valence-electron chi connectivity index (χ0n) is 13.1. The van der Waals surface area contributed by atoms with Gasteiger partial charge in [0, 0.05) is 38.2 Å². The summed E-state index contributed by atoms with van der Waals surface area (Å²) >= 11 is 0. The summed E-state index contributed by atoms with van der Waals surface area (Å²) in [6, 6.07) is 4.67. The highest BCUT2D eigenvalue weighted by molar-refractivity contribution is 5.82. The first-order chi connectivity index (χ1) is 11.0. The van der Waals surface area contributed by atoms with Crippen LogP contribution in [0.25, 0.3) is 0 Å². The average molecular weight is 319 g/mol. The number of nitro groups is 1. The number of rotatable bonds is 4. The fourth-order valence-corrected chi connectivity index (χ4v) is 3.14. The van der Waals surface area contributed by atoms with Crippen molar-refractivity contribution in [3.8, 4) is 0 Å². The molecule has 2 atom stereocenters. The van der Waals surface area contributed by atoms with E-state index >= 15 is 0 Å². The maximum atomic E-state index is 12.3. The zero-order valence-corrected chi connectivity index (χ0v) is 13.1. The van der Waals surface area contributed by atoms with Crippen molar-refractivity contribution in [2.24, 2.45) is 11.8 Å². The predicted octanol–water partition coefficient (Wildman–Crippen LogP) is 1.39. The van der Waals surface area contributed by atoms with Crippen LogP contribution in [0.3, 0.4) is 0 Å². The Labute approximate surface area is 134 Å². The summed E-state index contributed by atoms with van der Waals surface area (Å²) in [6.45, 7) is 4.25. The van der Waals surface area contributed by atoms with E-state index in [4.69, 9.17) is 0 Å². The second-order valence-corrected chi connectivity index (χ2v) is 6.37. The minimum atomic E-state index is -0.403. The molecule has 1 amide bonds. The number of amides is 1. The van der Waals surface area contributed by atoms with E-state index in [9.17, 15) is 20.0 Å². The number of carbonyl (C=O) groups excluding carboxylic acids is 1. The molecule has 0 spiro atoms. The van der Waals surface area contributed by atoms with Crippen LogP contribution in [0.4, 0.5) is 11.4 Å². The molecule has 2 aliphatic rings. The van der Waals surface area contributed by atoms with Gasteiger partial charge in [-0.05, 0) is 30.0 Å². The normalized spacial score (nSPS) is 23.7. The Morgan fingerprint density at radius 1 is 1.35 bits per heavy atom. The van der Waals surface area contributed by atoms with Gasteiger partial charge in [-0.2, -0.15) is 0 Å². The number of hydrogen-bond donors (Lipinski definition) is 1. The van der Waals surface area contributed by atoms with Crippen LogP contribution in [-0.2, 0) is 11.4 Å². The van der Waals surface area contributed by atoms with Crippen molar-refractivity contribution in [3.05, 3.63) is 33.9 Å². The summed E-state index contributed by atoms with van der Waals surface area (Å²) in [6.07, 6.45) is 0.975. The maximum Gasteiger partial charge on any atom is 0.292 e. The van der Waals surface area contributed by atoms with Crippen molar-refractivity contribution < 1.29 is 14.8 Å². The van der Waals surface area contributed by atoms with Crippen LogP contribution in [0.1, 0.15) is 18.9 Å². The van der Waals surface area contributed by atoms with Crippen molar-refractivity contribution in [1.82, 2.24) is 4.90 Å². The van der Waals surface area contributed by atoms with E-state index in [0.717, 1.165) is 6.42 Å². The smallest absolute Gasteiger partial charge is 0.292 e. The minimum absolute atomic E-state index is 0.0396. The number of hydrogen-bond acceptors (Lipinski definition) is 5. The van der Waals surface area contributed by atoms with Gasteiger partial charge >= 0.3 is 0 Å². The Morgan fingerprint density at radius 3 is 2.52 bits per heavy atom. The summed E-state index contributed by atoms with van der Waals surface area (Å²) in [4.78, 5) is 26.9. The molecule has 0 radical (unpaired) electrons. The number of carbonyl (C=O) groups is 1. The summed E-state index contributed by atoms with van der Waals surface area (Å²) in [5, 5.41) is 20.5. The van der Waals surface area contributed by atoms with Gasteiger partial charge in [0.25, 0.3) is 5.69 Å². The van der Waals surface area contributed by atoms with Gasteiger partial charge in [0.15, 0.2) is 0 Å². The summed E-state index contributed by atoms with van der Waals surface area (Å²) in [5.74, 6) is 0.882. The topological polar surface area (TPSA) is 86.9 Å². The first-order valence-corrected chi connectivity index (χ1v) is 7.93. The van der Waals surface area contributed by atoms with Gasteiger partial charge in [-0.3, -0.25) is 14.9 Å². The molecule has 1 aromatic carbocycles. The summed E-state index contributed by atoms with van der Waals surface area (Å²) in [5.41, 5.74) is 1.21. The molecule has 1 saturated heterocycles. The zero-order chi connectivity index (χ0) is 16.6. The highest BCUT2D eigenvalue weighted by Crippen LogP contribution is 2.39. The molecule has 1 heterocycles. The Bertz CT molecular complexity index is 626. The fourth-order valence-electron chi connectivity index (χ4n) is 3.14. The monoisotopic (exact) mass is 319 g/mol. The number of benzene rings is 1. The largest absolute Gasteiger partial charge is 0.392 e. The van der Waals surface area contributed by atoms with Crippen molar-refractivity contribution in [2.45, 2.75) is 20.0 Å². The van der Waals surface area contributed by atoms with Gasteiger partial charge in [0.2, 0.25) is 5.91 Å². The Hall–Kier alpha value is -2.15. The minimum Gasteiger partial charge on any atom is -0.392 e. The average Bonchev–Trinajstić information content (AvgIpc) is 3.30. The Morgan fingerprint density at radius 2 is 2.00 bits per heavy atom. The van der Waals surface area contributed by atoms with Crippen LogP contribution in [-0.4, -0.2) is 47.0 Å². The van der Waals surface area contributed by atoms with E-state index < -0.39 is 4.92 Å². The predicted molar refractivity (Wildman–Crippen MR) is 85.1 cm³/mol. The second kappa shape index (κ2) is 6.16. The molecule has 0 bridgehead atoms. The summed E-state index contributed by atoms with van der Waals surface area (Å²) < 4.78 is 0. The number of aliphatic hydroxyl groups is 1. The van der Waals surface area contributed by atoms with Crippen LogP contribution in [0.15, 0.2) is 18.2 Å². The standard InChI is InChI=1S/C16H21N3O4/c1-11-8-13(11)16(21)18-6-4-17(5-7-18)15-9-12(10-20)2-3-14(15)19(22)23/h2-3,9,11,13,20H,4-8,10H2,1H3. The molecule has 1 aliphatic heterocycles. The SMILES string of the molecule is CC1CC1C(=O)N1CCN(c2cc(CO)ccc2[N+](=O)[O-])CC1. The van der Waals surface area contributed by atoms with Gasteiger partial charge in [0.1, 0.15) is 5.69 Å². The van der Waals surface area contributed by atoms with Crippen LogP contribution in [0.2, 0.25) is 0 Å². The Kier molecular flexibility index (Phi) is 4.21. The lowest BCUT2D eigenvalue weighted by Crippen LogP contribution is -2.49. The Balaban J connectivity index is 1.72. The molecule has 1 saturated carbocycles. The molecule has 3 rings (SSSR count). The molecule has 0 aromatic heterocycles. The quantitative estimate of drug-likeness (QED) is 0.669. The van der Waals surface area contributed by atoms with Gasteiger partial charge < -0.3 is 14.9 Å². The third kappa shape index (κ3) is 3.14. The molecule has 7 heteroatoms. The van der Waals surface area contributed by atoms with Crippen molar-refractivity contribution in [3.63, 3.8) is 0 Å². The lowest BCUT2D eigenvalue weighted by atomic mass is 10.1. The van der Waals surface area contributed by atoms with Gasteiger partial charge in [0.05, 0.1) is 11.5 Å². The van der Waals surface area contributed by atoms with Crippen molar-refractivity contribution >= 4 is 17.3 Å². The third-order valence-electron chi connectivity index (χ3n) is 4.78. The first-order valence-electron chi connectivity index (χ1n) is 7.93. The van der Waals surface area contributed by atoms with Crippen LogP contribution >= 0.6 is 0 Å². The molecule has 2 unspecified atom stereocenters. The van der Waals surface area contributed by atoms with Crippen LogP contribution < -0.4 is 4.90 Å². The highest BCUT2D eigenvalue weighted by Gasteiger charge is 2.42. The molecule has 1 aliphatic carbocycles. The number of aliphatic hydroxyl groups excluding tert-OH is 1. The van der Waals surface area contributed by atoms with Crippen LogP contribution in [0, 0.1) is 22.0 Å². The molecule has 1 N–H and O–H groups in total. The molecule has 2 fully saturated rings. The fraction of sp³-hybridized carbons (Fsp3) is 0.562. The molecule has 23 heavy (non-hydrogen) atoms. The van der Waals surface area contributed by atoms with E-state index in [1.54, 1.807) is 12.1 Å². The van der Waals surface area contributed by atoms with Crippen molar-refractivity contribution in [2.75, 3.05) is 31.1 Å². The van der Waals surface area contributed by atoms with E-state index in [2.05, 4.69) is 6.92 Å². The van der Waals surface area contributed by atoms with Gasteiger partial charge in [-0.25, -0.2) is 0 Å². The van der Waals surface area contributed by atoms with Crippen LogP contribution in [0.5, 0.6) is 0 Å². The molecular weight excluding hydrogens is 298 g/mol. The number of piperazine rings is 1. The number of nitrogens with zero attached hydrogens (tertiary/aromatic N) is 3. The van der Waals surface area contributed by atoms with Gasteiger partial charge in [-0.1, -0.05) is 6.92 Å². The van der Waals surface area contributed by atoms with Crippen molar-refractivity contribution in [1.29, 1.82) is 0 Å². The second-order valence-electron chi connectivity index (χ2n) is 6.37. The number of nitro benzene ring substituents is 1. The number of anilines is 1. The highest BCUT2D eigenvalue weighted by atomic mass is 16.6. The molecule has 124 valence electrons. The van der Waals surface area contributed by atoms with E-state index in [0.29, 0.717) is 43.3 Å². The molecule has 7 nitrogen and oxygen atoms in total. The molecule has 1 aromatic rings. The van der Waals surface area contributed by atoms with Gasteiger partial charge in [-0.15, -0.1) is 0 Å². The maximum absolute atomic E-state index is 12.3. The molecular formula is C16H21N3O4. The van der Waals surface area contributed by atoms with E-state index in [1.807, 2.05) is 9.80 Å². The van der Waals surface area contributed by atoms with E-state index in [1.165, 1.54) is 6.07 Å². The van der Waals surface area contributed by atoms with E-state index in [-0.39, 0.29) is 24.1 Å².